The number of carbonyl (C=O) groups is 1. The molecule has 1 atom stereocenters. The Labute approximate surface area is 141 Å². The van der Waals surface area contributed by atoms with Gasteiger partial charge in [0, 0.05) is 38.8 Å². The molecular weight excluding hydrogens is 355 g/mol. The molecule has 8 nitrogen and oxygen atoms in total. The molecule has 1 aromatic heterocycles. The van der Waals surface area contributed by atoms with Crippen LogP contribution in [-0.4, -0.2) is 65.7 Å². The number of nitro groups is 1. The first-order valence-electron chi connectivity index (χ1n) is 6.91. The zero-order valence-electron chi connectivity index (χ0n) is 12.4. The average Bonchev–Trinajstić information content (AvgIpc) is 2.97. The first-order valence-corrected chi connectivity index (χ1v) is 6.91. The standard InChI is InChI=1S/C12H16F3N5O3.ClH/c13-12(14,15)10(19-3-1-16-2-4-19)7-18-11(21)9-5-8(6-17-9)20(22)23;/h5-6,10,16-17H,1-4,7H2,(H,18,21);1H. The number of piperazine rings is 1. The Morgan fingerprint density at radius 3 is 2.54 bits per heavy atom. The molecule has 0 saturated carbocycles. The van der Waals surface area contributed by atoms with Crippen LogP contribution in [0, 0.1) is 10.1 Å². The fraction of sp³-hybridized carbons (Fsp3) is 0.583. The fourth-order valence-electron chi connectivity index (χ4n) is 2.35. The highest BCUT2D eigenvalue weighted by Crippen LogP contribution is 2.25. The summed E-state index contributed by atoms with van der Waals surface area (Å²) in [7, 11) is 0. The molecule has 1 aliphatic heterocycles. The lowest BCUT2D eigenvalue weighted by Crippen LogP contribution is -2.57. The van der Waals surface area contributed by atoms with Crippen molar-refractivity contribution in [3.63, 3.8) is 0 Å². The molecule has 2 heterocycles. The average molecular weight is 372 g/mol. The number of alkyl halides is 3. The van der Waals surface area contributed by atoms with Crippen LogP contribution in [0.3, 0.4) is 0 Å². The van der Waals surface area contributed by atoms with E-state index < -0.39 is 29.6 Å². The summed E-state index contributed by atoms with van der Waals surface area (Å²) < 4.78 is 39.5. The zero-order chi connectivity index (χ0) is 17.0. The second-order valence-corrected chi connectivity index (χ2v) is 5.08. The maximum absolute atomic E-state index is 13.2. The van der Waals surface area contributed by atoms with E-state index in [9.17, 15) is 28.1 Å². The Hall–Kier alpha value is -1.85. The molecule has 1 unspecified atom stereocenters. The summed E-state index contributed by atoms with van der Waals surface area (Å²) in [5.41, 5.74) is -0.484. The Kier molecular flexibility index (Phi) is 6.99. The van der Waals surface area contributed by atoms with Gasteiger partial charge in [0.25, 0.3) is 11.6 Å². The van der Waals surface area contributed by atoms with Crippen molar-refractivity contribution >= 4 is 24.0 Å². The van der Waals surface area contributed by atoms with Crippen LogP contribution in [0.5, 0.6) is 0 Å². The minimum Gasteiger partial charge on any atom is -0.351 e. The van der Waals surface area contributed by atoms with Crippen molar-refractivity contribution in [1.29, 1.82) is 0 Å². The second-order valence-electron chi connectivity index (χ2n) is 5.08. The number of nitrogens with zero attached hydrogens (tertiary/aromatic N) is 2. The molecule has 0 spiro atoms. The van der Waals surface area contributed by atoms with Crippen LogP contribution in [0.4, 0.5) is 18.9 Å². The van der Waals surface area contributed by atoms with Gasteiger partial charge in [-0.2, -0.15) is 13.2 Å². The molecule has 1 saturated heterocycles. The molecule has 2 rings (SSSR count). The largest absolute Gasteiger partial charge is 0.405 e. The van der Waals surface area contributed by atoms with Gasteiger partial charge >= 0.3 is 6.18 Å². The summed E-state index contributed by atoms with van der Waals surface area (Å²) >= 11 is 0. The summed E-state index contributed by atoms with van der Waals surface area (Å²) in [6.45, 7) is 0.740. The summed E-state index contributed by atoms with van der Waals surface area (Å²) in [4.78, 5) is 25.3. The predicted octanol–water partition coefficient (Wildman–Crippen LogP) is 0.911. The Balaban J connectivity index is 0.00000288. The van der Waals surface area contributed by atoms with Gasteiger partial charge in [-0.1, -0.05) is 0 Å². The second kappa shape index (κ2) is 8.31. The van der Waals surface area contributed by atoms with Crippen LogP contribution in [0.15, 0.2) is 12.3 Å². The zero-order valence-corrected chi connectivity index (χ0v) is 13.2. The van der Waals surface area contributed by atoms with Crippen LogP contribution in [0.1, 0.15) is 10.5 Å². The lowest BCUT2D eigenvalue weighted by atomic mass is 10.2. The number of hydrogen-bond acceptors (Lipinski definition) is 5. The van der Waals surface area contributed by atoms with Crippen molar-refractivity contribution in [2.24, 2.45) is 0 Å². The Morgan fingerprint density at radius 2 is 2.04 bits per heavy atom. The van der Waals surface area contributed by atoms with Gasteiger partial charge < -0.3 is 15.6 Å². The van der Waals surface area contributed by atoms with Crippen molar-refractivity contribution in [3.8, 4) is 0 Å². The van der Waals surface area contributed by atoms with E-state index in [1.807, 2.05) is 0 Å². The summed E-state index contributed by atoms with van der Waals surface area (Å²) in [6, 6.07) is -0.818. The maximum Gasteiger partial charge on any atom is 0.405 e. The summed E-state index contributed by atoms with van der Waals surface area (Å²) in [5, 5.41) is 15.7. The quantitative estimate of drug-likeness (QED) is 0.527. The number of amides is 1. The van der Waals surface area contributed by atoms with E-state index in [1.165, 1.54) is 4.90 Å². The van der Waals surface area contributed by atoms with Gasteiger partial charge in [0.15, 0.2) is 0 Å². The van der Waals surface area contributed by atoms with Gasteiger partial charge in [0.1, 0.15) is 11.7 Å². The molecule has 1 amide bonds. The molecule has 0 bridgehead atoms. The van der Waals surface area contributed by atoms with Crippen LogP contribution in [-0.2, 0) is 0 Å². The minimum absolute atomic E-state index is 0. The molecule has 136 valence electrons. The fourth-order valence-corrected chi connectivity index (χ4v) is 2.35. The van der Waals surface area contributed by atoms with E-state index in [2.05, 4.69) is 15.6 Å². The first kappa shape index (κ1) is 20.2. The number of halogens is 4. The van der Waals surface area contributed by atoms with Gasteiger partial charge in [0.2, 0.25) is 0 Å². The number of nitrogens with one attached hydrogen (secondary N) is 3. The number of aromatic nitrogens is 1. The lowest BCUT2D eigenvalue weighted by Gasteiger charge is -2.35. The number of hydrogen-bond donors (Lipinski definition) is 3. The number of carbonyl (C=O) groups excluding carboxylic acids is 1. The van der Waals surface area contributed by atoms with E-state index in [4.69, 9.17) is 0 Å². The van der Waals surface area contributed by atoms with E-state index in [0.717, 1.165) is 12.3 Å². The number of rotatable bonds is 5. The van der Waals surface area contributed by atoms with Crippen molar-refractivity contribution < 1.29 is 22.9 Å². The van der Waals surface area contributed by atoms with E-state index >= 15 is 0 Å². The van der Waals surface area contributed by atoms with Gasteiger partial charge in [-0.15, -0.1) is 12.4 Å². The summed E-state index contributed by atoms with van der Waals surface area (Å²) in [6.07, 6.45) is -3.47. The molecule has 0 aliphatic carbocycles. The van der Waals surface area contributed by atoms with Crippen molar-refractivity contribution in [3.05, 3.63) is 28.1 Å². The predicted molar refractivity (Wildman–Crippen MR) is 81.3 cm³/mol. The molecule has 0 aromatic carbocycles. The van der Waals surface area contributed by atoms with E-state index in [1.54, 1.807) is 0 Å². The third kappa shape index (κ3) is 5.08. The third-order valence-corrected chi connectivity index (χ3v) is 3.55. The highest BCUT2D eigenvalue weighted by atomic mass is 35.5. The maximum atomic E-state index is 13.2. The molecule has 12 heteroatoms. The van der Waals surface area contributed by atoms with Crippen molar-refractivity contribution in [1.82, 2.24) is 20.5 Å². The molecule has 1 fully saturated rings. The molecule has 3 N–H and O–H groups in total. The van der Waals surface area contributed by atoms with E-state index in [-0.39, 0.29) is 36.9 Å². The van der Waals surface area contributed by atoms with Gasteiger partial charge in [0.05, 0.1) is 11.1 Å². The number of aromatic amines is 1. The topological polar surface area (TPSA) is 103 Å². The van der Waals surface area contributed by atoms with E-state index in [0.29, 0.717) is 13.1 Å². The smallest absolute Gasteiger partial charge is 0.351 e. The third-order valence-electron chi connectivity index (χ3n) is 3.55. The lowest BCUT2D eigenvalue weighted by molar-refractivity contribution is -0.384. The molecule has 0 radical (unpaired) electrons. The molecular formula is C12H17ClF3N5O3. The highest BCUT2D eigenvalue weighted by molar-refractivity contribution is 5.93. The molecule has 24 heavy (non-hydrogen) atoms. The van der Waals surface area contributed by atoms with Gasteiger partial charge in [-0.3, -0.25) is 19.8 Å². The monoisotopic (exact) mass is 371 g/mol. The van der Waals surface area contributed by atoms with Crippen molar-refractivity contribution in [2.75, 3.05) is 32.7 Å². The Morgan fingerprint density at radius 1 is 1.42 bits per heavy atom. The van der Waals surface area contributed by atoms with Crippen LogP contribution < -0.4 is 10.6 Å². The van der Waals surface area contributed by atoms with Crippen LogP contribution in [0.25, 0.3) is 0 Å². The minimum atomic E-state index is -4.48. The van der Waals surface area contributed by atoms with Crippen molar-refractivity contribution in [2.45, 2.75) is 12.2 Å². The molecule has 1 aliphatic rings. The first-order chi connectivity index (χ1) is 10.8. The molecule has 1 aromatic rings. The van der Waals surface area contributed by atoms with Gasteiger partial charge in [-0.05, 0) is 0 Å². The van der Waals surface area contributed by atoms with Gasteiger partial charge in [-0.25, -0.2) is 0 Å². The Bertz CT molecular complexity index is 575. The SMILES string of the molecule is Cl.O=C(NCC(N1CCNCC1)C(F)(F)F)c1cc([N+](=O)[O-])c[nH]1. The van der Waals surface area contributed by atoms with Crippen LogP contribution >= 0.6 is 12.4 Å². The highest BCUT2D eigenvalue weighted by Gasteiger charge is 2.43. The van der Waals surface area contributed by atoms with Crippen LogP contribution in [0.2, 0.25) is 0 Å². The number of H-pyrrole nitrogens is 1. The normalized spacial score (nSPS) is 17.0. The summed E-state index contributed by atoms with van der Waals surface area (Å²) in [5.74, 6) is -0.817.